The molecule has 5 nitrogen and oxygen atoms in total. The lowest BCUT2D eigenvalue weighted by molar-refractivity contribution is 0.123. The van der Waals surface area contributed by atoms with Crippen LogP contribution in [0.15, 0.2) is 24.7 Å². The average Bonchev–Trinajstić information content (AvgIpc) is 2.78. The standard InChI is InChI=1S/C10H12N4O/c1-2-9(13-4-6-15-7-5-13)10-12-11-8-14(10)3-1/h1-3,8H,4-7H2. The molecule has 78 valence electrons. The summed E-state index contributed by atoms with van der Waals surface area (Å²) in [6, 6.07) is 4.09. The first kappa shape index (κ1) is 8.67. The summed E-state index contributed by atoms with van der Waals surface area (Å²) in [6.07, 6.45) is 3.68. The van der Waals surface area contributed by atoms with E-state index >= 15 is 0 Å². The van der Waals surface area contributed by atoms with E-state index in [0.717, 1.165) is 37.6 Å². The molecule has 2 aromatic heterocycles. The summed E-state index contributed by atoms with van der Waals surface area (Å²) in [5.41, 5.74) is 2.05. The molecule has 5 heteroatoms. The number of rotatable bonds is 1. The monoisotopic (exact) mass is 204 g/mol. The number of ether oxygens (including phenoxy) is 1. The highest BCUT2D eigenvalue weighted by atomic mass is 16.5. The molecule has 0 atom stereocenters. The maximum atomic E-state index is 5.33. The molecule has 3 heterocycles. The molecular weight excluding hydrogens is 192 g/mol. The lowest BCUT2D eigenvalue weighted by Crippen LogP contribution is -2.36. The number of hydrogen-bond donors (Lipinski definition) is 0. The summed E-state index contributed by atoms with van der Waals surface area (Å²) >= 11 is 0. The van der Waals surface area contributed by atoms with Crippen molar-refractivity contribution in [2.45, 2.75) is 0 Å². The Morgan fingerprint density at radius 1 is 1.27 bits per heavy atom. The van der Waals surface area contributed by atoms with Crippen LogP contribution in [0.1, 0.15) is 0 Å². The van der Waals surface area contributed by atoms with Gasteiger partial charge < -0.3 is 9.64 Å². The fourth-order valence-electron chi connectivity index (χ4n) is 1.89. The fourth-order valence-corrected chi connectivity index (χ4v) is 1.89. The van der Waals surface area contributed by atoms with Crippen LogP contribution >= 0.6 is 0 Å². The summed E-state index contributed by atoms with van der Waals surface area (Å²) in [4.78, 5) is 2.29. The second kappa shape index (κ2) is 3.51. The predicted molar refractivity (Wildman–Crippen MR) is 56.0 cm³/mol. The first-order chi connectivity index (χ1) is 7.45. The summed E-state index contributed by atoms with van der Waals surface area (Å²) in [5.74, 6) is 0. The van der Waals surface area contributed by atoms with Gasteiger partial charge in [-0.15, -0.1) is 10.2 Å². The second-order valence-electron chi connectivity index (χ2n) is 3.55. The molecule has 0 N–H and O–H groups in total. The molecule has 3 rings (SSSR count). The van der Waals surface area contributed by atoms with E-state index in [1.807, 2.05) is 16.7 Å². The van der Waals surface area contributed by atoms with Crippen molar-refractivity contribution in [3.8, 4) is 0 Å². The molecule has 1 aliphatic rings. The van der Waals surface area contributed by atoms with Crippen molar-refractivity contribution in [2.75, 3.05) is 31.2 Å². The van der Waals surface area contributed by atoms with Crippen molar-refractivity contribution in [1.29, 1.82) is 0 Å². The van der Waals surface area contributed by atoms with Gasteiger partial charge in [-0.25, -0.2) is 0 Å². The summed E-state index contributed by atoms with van der Waals surface area (Å²) in [6.45, 7) is 3.42. The molecule has 2 aromatic rings. The van der Waals surface area contributed by atoms with E-state index in [9.17, 15) is 0 Å². The van der Waals surface area contributed by atoms with Crippen LogP contribution in [0, 0.1) is 0 Å². The van der Waals surface area contributed by atoms with Crippen molar-refractivity contribution in [3.05, 3.63) is 24.7 Å². The van der Waals surface area contributed by atoms with Crippen molar-refractivity contribution >= 4 is 11.3 Å². The van der Waals surface area contributed by atoms with E-state index < -0.39 is 0 Å². The van der Waals surface area contributed by atoms with E-state index in [-0.39, 0.29) is 0 Å². The van der Waals surface area contributed by atoms with Gasteiger partial charge in [0, 0.05) is 19.3 Å². The molecule has 0 aliphatic carbocycles. The lowest BCUT2D eigenvalue weighted by Gasteiger charge is -2.28. The van der Waals surface area contributed by atoms with Crippen LogP contribution < -0.4 is 4.90 Å². The Hall–Kier alpha value is -1.62. The van der Waals surface area contributed by atoms with Gasteiger partial charge in [-0.2, -0.15) is 0 Å². The summed E-state index contributed by atoms with van der Waals surface area (Å²) < 4.78 is 7.27. The average molecular weight is 204 g/mol. The predicted octanol–water partition coefficient (Wildman–Crippen LogP) is 0.566. The van der Waals surface area contributed by atoms with E-state index in [2.05, 4.69) is 21.2 Å². The summed E-state index contributed by atoms with van der Waals surface area (Å²) in [5, 5.41) is 8.04. The van der Waals surface area contributed by atoms with Gasteiger partial charge in [0.2, 0.25) is 0 Å². The number of aromatic nitrogens is 3. The molecule has 0 radical (unpaired) electrons. The first-order valence-corrected chi connectivity index (χ1v) is 5.06. The minimum atomic E-state index is 0.787. The van der Waals surface area contributed by atoms with Gasteiger partial charge in [-0.05, 0) is 12.1 Å². The fraction of sp³-hybridized carbons (Fsp3) is 0.400. The van der Waals surface area contributed by atoms with Crippen molar-refractivity contribution < 1.29 is 4.74 Å². The Morgan fingerprint density at radius 3 is 3.00 bits per heavy atom. The summed E-state index contributed by atoms with van der Waals surface area (Å²) in [7, 11) is 0. The Kier molecular flexibility index (Phi) is 2.03. The van der Waals surface area contributed by atoms with Gasteiger partial charge in [0.25, 0.3) is 0 Å². The molecule has 0 amide bonds. The van der Waals surface area contributed by atoms with Crippen LogP contribution in [-0.4, -0.2) is 40.9 Å². The van der Waals surface area contributed by atoms with Crippen LogP contribution in [0.5, 0.6) is 0 Å². The molecule has 0 bridgehead atoms. The van der Waals surface area contributed by atoms with Crippen LogP contribution in [0.2, 0.25) is 0 Å². The highest BCUT2D eigenvalue weighted by Crippen LogP contribution is 2.19. The van der Waals surface area contributed by atoms with Gasteiger partial charge in [-0.1, -0.05) is 0 Å². The van der Waals surface area contributed by atoms with Gasteiger partial charge in [0.15, 0.2) is 5.65 Å². The molecule has 0 unspecified atom stereocenters. The number of anilines is 1. The van der Waals surface area contributed by atoms with E-state index in [1.54, 1.807) is 6.33 Å². The van der Waals surface area contributed by atoms with E-state index in [1.165, 1.54) is 0 Å². The van der Waals surface area contributed by atoms with Gasteiger partial charge >= 0.3 is 0 Å². The lowest BCUT2D eigenvalue weighted by atomic mass is 10.3. The Morgan fingerprint density at radius 2 is 2.13 bits per heavy atom. The van der Waals surface area contributed by atoms with Crippen LogP contribution in [-0.2, 0) is 4.74 Å². The number of hydrogen-bond acceptors (Lipinski definition) is 4. The second-order valence-corrected chi connectivity index (χ2v) is 3.55. The van der Waals surface area contributed by atoms with Crippen molar-refractivity contribution in [1.82, 2.24) is 14.6 Å². The van der Waals surface area contributed by atoms with Crippen LogP contribution in [0.25, 0.3) is 5.65 Å². The maximum Gasteiger partial charge on any atom is 0.184 e. The topological polar surface area (TPSA) is 42.7 Å². The highest BCUT2D eigenvalue weighted by Gasteiger charge is 2.14. The maximum absolute atomic E-state index is 5.33. The van der Waals surface area contributed by atoms with Gasteiger partial charge in [0.1, 0.15) is 6.33 Å². The minimum Gasteiger partial charge on any atom is -0.378 e. The van der Waals surface area contributed by atoms with Crippen LogP contribution in [0.3, 0.4) is 0 Å². The van der Waals surface area contributed by atoms with Crippen LogP contribution in [0.4, 0.5) is 5.69 Å². The minimum absolute atomic E-state index is 0.787. The third kappa shape index (κ3) is 1.45. The first-order valence-electron chi connectivity index (χ1n) is 5.06. The molecule has 0 aromatic carbocycles. The Balaban J connectivity index is 2.05. The van der Waals surface area contributed by atoms with Crippen molar-refractivity contribution in [3.63, 3.8) is 0 Å². The highest BCUT2D eigenvalue weighted by molar-refractivity contribution is 5.68. The van der Waals surface area contributed by atoms with Crippen molar-refractivity contribution in [2.24, 2.45) is 0 Å². The molecular formula is C10H12N4O. The number of pyridine rings is 1. The largest absolute Gasteiger partial charge is 0.378 e. The normalized spacial score (nSPS) is 17.2. The number of morpholine rings is 1. The zero-order valence-corrected chi connectivity index (χ0v) is 8.33. The zero-order valence-electron chi connectivity index (χ0n) is 8.33. The third-order valence-corrected chi connectivity index (χ3v) is 2.65. The molecule has 1 aliphatic heterocycles. The van der Waals surface area contributed by atoms with Gasteiger partial charge in [-0.3, -0.25) is 4.40 Å². The number of nitrogens with zero attached hydrogens (tertiary/aromatic N) is 4. The molecule has 1 fully saturated rings. The molecule has 15 heavy (non-hydrogen) atoms. The molecule has 0 spiro atoms. The SMILES string of the molecule is c1cc(N2CCOCC2)c2nncn2c1. The zero-order chi connectivity index (χ0) is 10.1. The van der Waals surface area contributed by atoms with E-state index in [4.69, 9.17) is 4.74 Å². The third-order valence-electron chi connectivity index (χ3n) is 2.65. The Labute approximate surface area is 87.3 Å². The Bertz CT molecular complexity index is 461. The smallest absolute Gasteiger partial charge is 0.184 e. The van der Waals surface area contributed by atoms with E-state index in [0.29, 0.717) is 0 Å². The number of fused-ring (bicyclic) bond motifs is 1. The molecule has 1 saturated heterocycles. The quantitative estimate of drug-likeness (QED) is 0.681. The molecule has 0 saturated carbocycles. The van der Waals surface area contributed by atoms with Gasteiger partial charge in [0.05, 0.1) is 18.9 Å².